The van der Waals surface area contributed by atoms with E-state index in [1.807, 2.05) is 24.3 Å². The predicted molar refractivity (Wildman–Crippen MR) is 128 cm³/mol. The molecule has 0 saturated heterocycles. The molecule has 1 aliphatic rings. The molecule has 0 bridgehead atoms. The summed E-state index contributed by atoms with van der Waals surface area (Å²) in [5.41, 5.74) is 2.77. The number of hydrogen-bond donors (Lipinski definition) is 0. The van der Waals surface area contributed by atoms with Crippen molar-refractivity contribution in [2.45, 2.75) is 23.9 Å². The molecule has 5 nitrogen and oxygen atoms in total. The van der Waals surface area contributed by atoms with Crippen molar-refractivity contribution in [2.75, 3.05) is 20.7 Å². The van der Waals surface area contributed by atoms with Gasteiger partial charge >= 0.3 is 0 Å². The largest absolute Gasteiger partial charge is 0.497 e. The molecule has 8 heteroatoms. The smallest absolute Gasteiger partial charge is 0.267 e. The van der Waals surface area contributed by atoms with Crippen LogP contribution in [0.25, 0.3) is 15.9 Å². The van der Waals surface area contributed by atoms with Gasteiger partial charge in [-0.15, -0.1) is 11.3 Å². The van der Waals surface area contributed by atoms with E-state index in [9.17, 15) is 9.18 Å². The lowest BCUT2D eigenvalue weighted by Gasteiger charge is -2.21. The Bertz CT molecular complexity index is 1350. The number of aromatic nitrogens is 2. The van der Waals surface area contributed by atoms with Crippen LogP contribution < -0.4 is 10.3 Å². The van der Waals surface area contributed by atoms with Crippen molar-refractivity contribution in [3.05, 3.63) is 80.7 Å². The third-order valence-corrected chi connectivity index (χ3v) is 7.75. The van der Waals surface area contributed by atoms with Crippen LogP contribution in [0.4, 0.5) is 4.39 Å². The van der Waals surface area contributed by atoms with Crippen molar-refractivity contribution >= 4 is 33.3 Å². The number of halogens is 1. The zero-order chi connectivity index (χ0) is 22.2. The molecule has 0 amide bonds. The SMILES string of the molecule is COc1cccc(-n2c(SCc3ccc(F)cc3)nc3sc4c(c3c2=O)CCN(C)C4)c1. The minimum atomic E-state index is -0.263. The molecule has 0 saturated carbocycles. The van der Waals surface area contributed by atoms with Crippen molar-refractivity contribution in [2.24, 2.45) is 0 Å². The zero-order valence-corrected chi connectivity index (χ0v) is 19.4. The van der Waals surface area contributed by atoms with Crippen LogP contribution >= 0.6 is 23.1 Å². The van der Waals surface area contributed by atoms with E-state index in [1.165, 1.54) is 28.8 Å². The first-order valence-electron chi connectivity index (χ1n) is 10.3. The molecule has 0 aliphatic carbocycles. The van der Waals surface area contributed by atoms with Crippen LogP contribution in [-0.4, -0.2) is 35.2 Å². The number of rotatable bonds is 5. The number of methoxy groups -OCH3 is 1. The molecule has 32 heavy (non-hydrogen) atoms. The van der Waals surface area contributed by atoms with E-state index < -0.39 is 0 Å². The van der Waals surface area contributed by atoms with Crippen LogP contribution in [0.1, 0.15) is 16.0 Å². The molecule has 2 aromatic heterocycles. The Hall–Kier alpha value is -2.68. The summed E-state index contributed by atoms with van der Waals surface area (Å²) >= 11 is 3.09. The zero-order valence-electron chi connectivity index (χ0n) is 17.8. The minimum Gasteiger partial charge on any atom is -0.497 e. The standard InChI is InChI=1S/C24H22FN3O2S2/c1-27-11-10-19-20(13-27)32-22-21(19)23(29)28(17-4-3-5-18(12-17)30-2)24(26-22)31-14-15-6-8-16(25)9-7-15/h3-9,12H,10-11,13-14H2,1-2H3. The lowest BCUT2D eigenvalue weighted by atomic mass is 10.1. The van der Waals surface area contributed by atoms with Gasteiger partial charge in [-0.2, -0.15) is 0 Å². The Morgan fingerprint density at radius 2 is 2.03 bits per heavy atom. The van der Waals surface area contributed by atoms with Crippen LogP contribution in [0, 0.1) is 5.82 Å². The number of hydrogen-bond acceptors (Lipinski definition) is 6. The van der Waals surface area contributed by atoms with E-state index in [2.05, 4.69) is 11.9 Å². The number of fused-ring (bicyclic) bond motifs is 3. The summed E-state index contributed by atoms with van der Waals surface area (Å²) in [7, 11) is 3.71. The summed E-state index contributed by atoms with van der Waals surface area (Å²) in [5, 5.41) is 1.35. The van der Waals surface area contributed by atoms with E-state index in [0.717, 1.165) is 46.5 Å². The summed E-state index contributed by atoms with van der Waals surface area (Å²) in [6.45, 7) is 1.77. The fourth-order valence-electron chi connectivity index (χ4n) is 3.95. The summed E-state index contributed by atoms with van der Waals surface area (Å²) < 4.78 is 20.4. The number of thiophene rings is 1. The van der Waals surface area contributed by atoms with Crippen LogP contribution in [0.3, 0.4) is 0 Å². The number of ether oxygens (including phenoxy) is 1. The maximum atomic E-state index is 13.8. The highest BCUT2D eigenvalue weighted by molar-refractivity contribution is 7.98. The van der Waals surface area contributed by atoms with Crippen molar-refractivity contribution in [3.63, 3.8) is 0 Å². The van der Waals surface area contributed by atoms with Gasteiger partial charge in [0.2, 0.25) is 0 Å². The molecule has 3 heterocycles. The van der Waals surface area contributed by atoms with Gasteiger partial charge in [-0.25, -0.2) is 9.37 Å². The Balaban J connectivity index is 1.66. The van der Waals surface area contributed by atoms with Gasteiger partial charge in [-0.05, 0) is 48.9 Å². The molecule has 0 atom stereocenters. The predicted octanol–water partition coefficient (Wildman–Crippen LogP) is 4.88. The number of thioether (sulfide) groups is 1. The minimum absolute atomic E-state index is 0.0492. The fraction of sp³-hybridized carbons (Fsp3) is 0.250. The lowest BCUT2D eigenvalue weighted by Crippen LogP contribution is -2.27. The van der Waals surface area contributed by atoms with Crippen LogP contribution in [0.15, 0.2) is 58.5 Å². The first-order valence-corrected chi connectivity index (χ1v) is 12.1. The van der Waals surface area contributed by atoms with Gasteiger partial charge in [0.05, 0.1) is 18.2 Å². The van der Waals surface area contributed by atoms with Gasteiger partial charge in [0.1, 0.15) is 16.4 Å². The van der Waals surface area contributed by atoms with Crippen molar-refractivity contribution in [1.29, 1.82) is 0 Å². The van der Waals surface area contributed by atoms with E-state index >= 15 is 0 Å². The fourth-order valence-corrected chi connectivity index (χ4v) is 6.26. The van der Waals surface area contributed by atoms with Gasteiger partial charge in [-0.1, -0.05) is 30.0 Å². The molecule has 0 fully saturated rings. The maximum absolute atomic E-state index is 13.8. The molecule has 164 valence electrons. The molecule has 0 radical (unpaired) electrons. The first-order chi connectivity index (χ1) is 15.5. The van der Waals surface area contributed by atoms with Crippen molar-refractivity contribution in [1.82, 2.24) is 14.5 Å². The Kier molecular flexibility index (Phi) is 5.75. The van der Waals surface area contributed by atoms with Gasteiger partial charge in [0.15, 0.2) is 5.16 Å². The molecule has 4 aromatic rings. The molecule has 0 unspecified atom stereocenters. The second-order valence-electron chi connectivity index (χ2n) is 7.82. The monoisotopic (exact) mass is 467 g/mol. The third kappa shape index (κ3) is 3.94. The maximum Gasteiger partial charge on any atom is 0.267 e. The Labute approximate surface area is 193 Å². The average molecular weight is 468 g/mol. The Morgan fingerprint density at radius 1 is 1.22 bits per heavy atom. The van der Waals surface area contributed by atoms with Crippen LogP contribution in [0.5, 0.6) is 5.75 Å². The molecule has 1 aliphatic heterocycles. The first kappa shape index (κ1) is 21.2. The summed E-state index contributed by atoms with van der Waals surface area (Å²) in [6.07, 6.45) is 0.850. The van der Waals surface area contributed by atoms with Gasteiger partial charge in [-0.3, -0.25) is 9.36 Å². The third-order valence-electron chi connectivity index (χ3n) is 5.63. The number of nitrogens with zero attached hydrogens (tertiary/aromatic N) is 3. The quantitative estimate of drug-likeness (QED) is 0.309. The molecule has 2 aromatic carbocycles. The molecule has 5 rings (SSSR count). The van der Waals surface area contributed by atoms with Crippen LogP contribution in [-0.2, 0) is 18.7 Å². The van der Waals surface area contributed by atoms with Gasteiger partial charge in [0.25, 0.3) is 5.56 Å². The number of likely N-dealkylation sites (N-methyl/N-ethyl adjacent to an activating group) is 1. The molecular formula is C24H22FN3O2S2. The molecule has 0 N–H and O–H groups in total. The Morgan fingerprint density at radius 3 is 2.81 bits per heavy atom. The summed E-state index contributed by atoms with van der Waals surface area (Å²) in [5.74, 6) is 0.995. The highest BCUT2D eigenvalue weighted by atomic mass is 32.2. The van der Waals surface area contributed by atoms with Gasteiger partial charge in [0, 0.05) is 29.8 Å². The van der Waals surface area contributed by atoms with E-state index in [4.69, 9.17) is 9.72 Å². The second kappa shape index (κ2) is 8.69. The molecule has 0 spiro atoms. The van der Waals surface area contributed by atoms with E-state index in [-0.39, 0.29) is 11.4 Å². The normalized spacial score (nSPS) is 14.0. The molecular weight excluding hydrogens is 445 g/mol. The highest BCUT2D eigenvalue weighted by Gasteiger charge is 2.24. The van der Waals surface area contributed by atoms with E-state index in [1.54, 1.807) is 35.1 Å². The summed E-state index contributed by atoms with van der Waals surface area (Å²) in [4.78, 5) is 23.0. The lowest BCUT2D eigenvalue weighted by molar-refractivity contribution is 0.318. The average Bonchev–Trinajstić information content (AvgIpc) is 3.16. The summed E-state index contributed by atoms with van der Waals surface area (Å²) in [6, 6.07) is 13.9. The van der Waals surface area contributed by atoms with Crippen molar-refractivity contribution < 1.29 is 9.13 Å². The second-order valence-corrected chi connectivity index (χ2v) is 9.85. The number of benzene rings is 2. The van der Waals surface area contributed by atoms with E-state index in [0.29, 0.717) is 16.7 Å². The topological polar surface area (TPSA) is 47.4 Å². The van der Waals surface area contributed by atoms with Crippen molar-refractivity contribution in [3.8, 4) is 11.4 Å². The van der Waals surface area contributed by atoms with Crippen LogP contribution in [0.2, 0.25) is 0 Å². The van der Waals surface area contributed by atoms with Gasteiger partial charge < -0.3 is 9.64 Å². The highest BCUT2D eigenvalue weighted by Crippen LogP contribution is 2.34.